The lowest BCUT2D eigenvalue weighted by atomic mass is 10.1. The van der Waals surface area contributed by atoms with Crippen molar-refractivity contribution in [3.05, 3.63) is 10.4 Å². The van der Waals surface area contributed by atoms with Gasteiger partial charge in [0.05, 0.1) is 5.25 Å². The first-order chi connectivity index (χ1) is 6.98. The average molecular weight is 232 g/mol. The van der Waals surface area contributed by atoms with E-state index in [0.717, 1.165) is 6.42 Å². The zero-order valence-corrected chi connectivity index (χ0v) is 9.81. The van der Waals surface area contributed by atoms with Crippen LogP contribution in [0.1, 0.15) is 20.3 Å². The Bertz CT molecular complexity index is 359. The molecule has 0 bridgehead atoms. The highest BCUT2D eigenvalue weighted by Gasteiger charge is 2.32. The maximum Gasteiger partial charge on any atom is 0.216 e. The molecule has 0 radical (unpaired) electrons. The minimum Gasteiger partial charge on any atom is -0.212 e. The molecule has 1 heterocycles. The predicted octanol–water partition coefficient (Wildman–Crippen LogP) is 1.36. The van der Waals surface area contributed by atoms with E-state index in [2.05, 4.69) is 10.0 Å². The summed E-state index contributed by atoms with van der Waals surface area (Å²) in [7, 11) is -3.14. The number of hydrogen-bond acceptors (Lipinski definition) is 3. The van der Waals surface area contributed by atoms with Crippen molar-refractivity contribution in [1.29, 1.82) is 0 Å². The highest BCUT2D eigenvalue weighted by atomic mass is 32.2. The zero-order chi connectivity index (χ0) is 11.5. The van der Waals surface area contributed by atoms with Gasteiger partial charge in [0.1, 0.15) is 0 Å². The summed E-state index contributed by atoms with van der Waals surface area (Å²) >= 11 is 0. The summed E-state index contributed by atoms with van der Waals surface area (Å²) in [6.07, 6.45) is 0.783. The number of sulfonamides is 1. The molecule has 7 heteroatoms. The molecule has 86 valence electrons. The molecule has 0 aliphatic carbocycles. The second kappa shape index (κ2) is 4.83. The maximum absolute atomic E-state index is 11.8. The second-order valence-corrected chi connectivity index (χ2v) is 6.51. The number of azide groups is 1. The summed E-state index contributed by atoms with van der Waals surface area (Å²) in [5, 5.41) is 3.10. The Morgan fingerprint density at radius 2 is 2.27 bits per heavy atom. The van der Waals surface area contributed by atoms with E-state index in [1.165, 1.54) is 4.31 Å². The molecule has 1 aliphatic heterocycles. The fraction of sp³-hybridized carbons (Fsp3) is 1.00. The van der Waals surface area contributed by atoms with Crippen molar-refractivity contribution >= 4 is 10.0 Å². The molecule has 1 atom stereocenters. The van der Waals surface area contributed by atoms with Gasteiger partial charge in [-0.05, 0) is 31.7 Å². The van der Waals surface area contributed by atoms with Crippen LogP contribution in [0.25, 0.3) is 10.4 Å². The van der Waals surface area contributed by atoms with E-state index in [-0.39, 0.29) is 11.2 Å². The van der Waals surface area contributed by atoms with Gasteiger partial charge < -0.3 is 0 Å². The molecule has 0 aromatic carbocycles. The molecule has 0 amide bonds. The van der Waals surface area contributed by atoms with Crippen LogP contribution >= 0.6 is 0 Å². The van der Waals surface area contributed by atoms with Crippen molar-refractivity contribution in [2.24, 2.45) is 11.0 Å². The molecule has 6 nitrogen and oxygen atoms in total. The van der Waals surface area contributed by atoms with E-state index >= 15 is 0 Å². The number of nitrogens with zero attached hydrogens (tertiary/aromatic N) is 4. The van der Waals surface area contributed by atoms with Crippen LogP contribution in [0, 0.1) is 5.92 Å². The van der Waals surface area contributed by atoms with E-state index in [4.69, 9.17) is 5.53 Å². The van der Waals surface area contributed by atoms with Crippen LogP contribution in [-0.2, 0) is 10.0 Å². The molecule has 1 aliphatic rings. The molecular weight excluding hydrogens is 216 g/mol. The van der Waals surface area contributed by atoms with Crippen molar-refractivity contribution in [3.63, 3.8) is 0 Å². The van der Waals surface area contributed by atoms with Crippen LogP contribution < -0.4 is 0 Å². The molecule has 15 heavy (non-hydrogen) atoms. The van der Waals surface area contributed by atoms with Crippen LogP contribution in [0.3, 0.4) is 0 Å². The summed E-state index contributed by atoms with van der Waals surface area (Å²) < 4.78 is 25.0. The van der Waals surface area contributed by atoms with Crippen molar-refractivity contribution < 1.29 is 8.42 Å². The minimum atomic E-state index is -3.14. The van der Waals surface area contributed by atoms with E-state index < -0.39 is 10.0 Å². The van der Waals surface area contributed by atoms with Gasteiger partial charge in [-0.25, -0.2) is 12.7 Å². The lowest BCUT2D eigenvalue weighted by Gasteiger charge is -2.18. The van der Waals surface area contributed by atoms with E-state index in [9.17, 15) is 8.42 Å². The molecule has 0 aromatic rings. The minimum absolute atomic E-state index is 0.175. The van der Waals surface area contributed by atoms with Crippen molar-refractivity contribution in [3.8, 4) is 0 Å². The van der Waals surface area contributed by atoms with E-state index in [1.54, 1.807) is 13.8 Å². The molecule has 0 spiro atoms. The Balaban J connectivity index is 2.60. The number of hydrogen-bond donors (Lipinski definition) is 0. The standard InChI is InChI=1S/C8H16N4O2S/c1-7(2)15(13,14)12-4-3-8(6-12)5-10-11-9/h7-8H,3-6H2,1-2H3/t8-/m1/s1. The van der Waals surface area contributed by atoms with Crippen LogP contribution in [0.4, 0.5) is 0 Å². The third-order valence-electron chi connectivity index (χ3n) is 2.61. The Morgan fingerprint density at radius 1 is 1.60 bits per heavy atom. The smallest absolute Gasteiger partial charge is 0.212 e. The van der Waals surface area contributed by atoms with Gasteiger partial charge in [0.15, 0.2) is 0 Å². The predicted molar refractivity (Wildman–Crippen MR) is 57.7 cm³/mol. The van der Waals surface area contributed by atoms with Gasteiger partial charge in [-0.15, -0.1) is 0 Å². The van der Waals surface area contributed by atoms with Crippen LogP contribution in [0.5, 0.6) is 0 Å². The third kappa shape index (κ3) is 2.84. The normalized spacial score (nSPS) is 23.0. The number of rotatable bonds is 4. The fourth-order valence-corrected chi connectivity index (χ4v) is 3.00. The molecular formula is C8H16N4O2S. The summed E-state index contributed by atoms with van der Waals surface area (Å²) in [5.74, 6) is 0.175. The molecule has 0 aromatic heterocycles. The van der Waals surface area contributed by atoms with Gasteiger partial charge in [0, 0.05) is 24.5 Å². The monoisotopic (exact) mass is 232 g/mol. The summed E-state index contributed by atoms with van der Waals surface area (Å²) in [6.45, 7) is 4.78. The lowest BCUT2D eigenvalue weighted by Crippen LogP contribution is -2.34. The van der Waals surface area contributed by atoms with Crippen molar-refractivity contribution in [2.75, 3.05) is 19.6 Å². The third-order valence-corrected chi connectivity index (χ3v) is 4.85. The van der Waals surface area contributed by atoms with Gasteiger partial charge in [-0.2, -0.15) is 0 Å². The first kappa shape index (κ1) is 12.3. The first-order valence-corrected chi connectivity index (χ1v) is 6.48. The largest absolute Gasteiger partial charge is 0.216 e. The molecule has 1 rings (SSSR count). The van der Waals surface area contributed by atoms with Gasteiger partial charge in [-0.1, -0.05) is 5.11 Å². The SMILES string of the molecule is CC(C)S(=O)(=O)N1CC[C@H](CN=[N+]=[N-])C1. The maximum atomic E-state index is 11.8. The van der Waals surface area contributed by atoms with Crippen LogP contribution in [-0.4, -0.2) is 37.6 Å². The Labute approximate surface area is 89.9 Å². The zero-order valence-electron chi connectivity index (χ0n) is 9.00. The van der Waals surface area contributed by atoms with Gasteiger partial charge in [0.2, 0.25) is 10.0 Å². The Hall–Kier alpha value is -0.780. The van der Waals surface area contributed by atoms with E-state index in [0.29, 0.717) is 19.6 Å². The molecule has 0 saturated carbocycles. The molecule has 1 saturated heterocycles. The Morgan fingerprint density at radius 3 is 2.80 bits per heavy atom. The summed E-state index contributed by atoms with van der Waals surface area (Å²) in [5.41, 5.74) is 8.17. The topological polar surface area (TPSA) is 86.1 Å². The second-order valence-electron chi connectivity index (χ2n) is 4.02. The lowest BCUT2D eigenvalue weighted by molar-refractivity contribution is 0.453. The Kier molecular flexibility index (Phi) is 3.96. The van der Waals surface area contributed by atoms with Gasteiger partial charge >= 0.3 is 0 Å². The average Bonchev–Trinajstić information content (AvgIpc) is 2.63. The highest BCUT2D eigenvalue weighted by molar-refractivity contribution is 7.89. The van der Waals surface area contributed by atoms with E-state index in [1.807, 2.05) is 0 Å². The fourth-order valence-electron chi connectivity index (χ4n) is 1.63. The highest BCUT2D eigenvalue weighted by Crippen LogP contribution is 2.21. The van der Waals surface area contributed by atoms with Crippen LogP contribution in [0.15, 0.2) is 5.11 Å². The first-order valence-electron chi connectivity index (χ1n) is 4.98. The summed E-state index contributed by atoms with van der Waals surface area (Å²) in [4.78, 5) is 2.68. The van der Waals surface area contributed by atoms with Gasteiger partial charge in [0.25, 0.3) is 0 Å². The molecule has 0 N–H and O–H groups in total. The van der Waals surface area contributed by atoms with Crippen LogP contribution in [0.2, 0.25) is 0 Å². The molecule has 0 unspecified atom stereocenters. The summed E-state index contributed by atoms with van der Waals surface area (Å²) in [6, 6.07) is 0. The quantitative estimate of drug-likeness (QED) is 0.416. The van der Waals surface area contributed by atoms with Crippen molar-refractivity contribution in [1.82, 2.24) is 4.31 Å². The van der Waals surface area contributed by atoms with Crippen molar-refractivity contribution in [2.45, 2.75) is 25.5 Å². The van der Waals surface area contributed by atoms with Gasteiger partial charge in [-0.3, -0.25) is 0 Å². The molecule has 1 fully saturated rings.